The number of benzene rings is 1. The van der Waals surface area contributed by atoms with Crippen LogP contribution in [0.5, 0.6) is 5.75 Å². The fourth-order valence-electron chi connectivity index (χ4n) is 4.45. The molecule has 0 radical (unpaired) electrons. The predicted molar refractivity (Wildman–Crippen MR) is 149 cm³/mol. The summed E-state index contributed by atoms with van der Waals surface area (Å²) >= 11 is 0. The van der Waals surface area contributed by atoms with Gasteiger partial charge in [-0.1, -0.05) is 45.9 Å². The average Bonchev–Trinajstić information content (AvgIpc) is 2.89. The Bertz CT molecular complexity index is 1100. The molecule has 13 nitrogen and oxygen atoms in total. The third-order valence-electron chi connectivity index (χ3n) is 6.24. The van der Waals surface area contributed by atoms with Crippen LogP contribution in [0.1, 0.15) is 84.8 Å². The van der Waals surface area contributed by atoms with Crippen molar-refractivity contribution in [3.05, 3.63) is 29.3 Å². The molecule has 1 saturated heterocycles. The van der Waals surface area contributed by atoms with Crippen molar-refractivity contribution in [1.29, 1.82) is 0 Å². The van der Waals surface area contributed by atoms with Gasteiger partial charge in [0.25, 0.3) is 0 Å². The highest BCUT2D eigenvalue weighted by Gasteiger charge is 2.52. The van der Waals surface area contributed by atoms with Gasteiger partial charge in [-0.15, -0.1) is 0 Å². The van der Waals surface area contributed by atoms with Crippen molar-refractivity contribution in [3.8, 4) is 5.75 Å². The number of esters is 4. The molecule has 1 heterocycles. The molecule has 0 spiro atoms. The number of rotatable bonds is 13. The molecule has 240 valence electrons. The number of hydrogen-bond acceptors (Lipinski definition) is 13. The lowest BCUT2D eigenvalue weighted by molar-refractivity contribution is -0.308. The van der Waals surface area contributed by atoms with Gasteiger partial charge in [-0.2, -0.15) is 0 Å². The topological polar surface area (TPSA) is 159 Å². The van der Waals surface area contributed by atoms with Crippen LogP contribution in [-0.4, -0.2) is 80.6 Å². The van der Waals surface area contributed by atoms with E-state index in [4.69, 9.17) is 37.9 Å². The van der Waals surface area contributed by atoms with Crippen molar-refractivity contribution in [1.82, 2.24) is 0 Å². The molecule has 2 rings (SSSR count). The van der Waals surface area contributed by atoms with Gasteiger partial charge in [0.15, 0.2) is 24.6 Å². The molecule has 5 atom stereocenters. The Morgan fingerprint density at radius 1 is 0.721 bits per heavy atom. The summed E-state index contributed by atoms with van der Waals surface area (Å²) in [6.45, 7) is 12.1. The molecule has 0 bridgehead atoms. The highest BCUT2D eigenvalue weighted by Crippen LogP contribution is 2.35. The van der Waals surface area contributed by atoms with E-state index < -0.39 is 60.7 Å². The summed E-state index contributed by atoms with van der Waals surface area (Å²) in [5.41, 5.74) is 1.77. The smallest absolute Gasteiger partial charge is 0.463 e. The summed E-state index contributed by atoms with van der Waals surface area (Å²) in [5, 5.41) is 0. The first-order chi connectivity index (χ1) is 20.2. The van der Waals surface area contributed by atoms with Gasteiger partial charge in [-0.25, -0.2) is 4.79 Å². The zero-order valence-electron chi connectivity index (χ0n) is 25.9. The lowest BCUT2D eigenvalue weighted by Gasteiger charge is -2.44. The minimum absolute atomic E-state index is 0.0547. The maximum Gasteiger partial charge on any atom is 0.513 e. The molecule has 1 aliphatic rings. The summed E-state index contributed by atoms with van der Waals surface area (Å²) in [7, 11) is 0. The van der Waals surface area contributed by atoms with E-state index in [1.165, 1.54) is 6.92 Å². The molecule has 1 fully saturated rings. The van der Waals surface area contributed by atoms with Crippen LogP contribution in [-0.2, 0) is 52.3 Å². The summed E-state index contributed by atoms with van der Waals surface area (Å²) in [5.74, 6) is -2.14. The van der Waals surface area contributed by atoms with Crippen molar-refractivity contribution >= 4 is 30.0 Å². The minimum Gasteiger partial charge on any atom is -0.463 e. The van der Waals surface area contributed by atoms with Crippen LogP contribution in [0.15, 0.2) is 18.2 Å². The van der Waals surface area contributed by atoms with Crippen molar-refractivity contribution in [3.63, 3.8) is 0 Å². The normalized spacial score (nSPS) is 21.6. The monoisotopic (exact) mass is 610 g/mol. The van der Waals surface area contributed by atoms with Gasteiger partial charge in [-0.3, -0.25) is 19.2 Å². The highest BCUT2D eigenvalue weighted by molar-refractivity contribution is 5.69. The van der Waals surface area contributed by atoms with E-state index in [0.717, 1.165) is 31.9 Å². The Hall–Kier alpha value is -3.71. The zero-order valence-corrected chi connectivity index (χ0v) is 25.9. The summed E-state index contributed by atoms with van der Waals surface area (Å²) in [6, 6.07) is 5.73. The van der Waals surface area contributed by atoms with E-state index in [1.54, 1.807) is 0 Å². The Labute approximate surface area is 251 Å². The average molecular weight is 611 g/mol. The molecule has 1 aromatic rings. The second kappa shape index (κ2) is 16.8. The van der Waals surface area contributed by atoms with Crippen molar-refractivity contribution in [2.75, 3.05) is 19.8 Å². The van der Waals surface area contributed by atoms with Crippen LogP contribution in [0.3, 0.4) is 0 Å². The number of para-hydroxylation sites is 1. The fourth-order valence-corrected chi connectivity index (χ4v) is 4.45. The second-order valence-electron chi connectivity index (χ2n) is 10.6. The largest absolute Gasteiger partial charge is 0.513 e. The maximum atomic E-state index is 12.5. The van der Waals surface area contributed by atoms with Crippen LogP contribution in [0.4, 0.5) is 4.79 Å². The molecular weight excluding hydrogens is 568 g/mol. The number of carbonyl (C=O) groups is 5. The summed E-state index contributed by atoms with van der Waals surface area (Å²) in [6.07, 6.45) is -7.10. The van der Waals surface area contributed by atoms with E-state index in [0.29, 0.717) is 5.75 Å². The Morgan fingerprint density at radius 3 is 1.77 bits per heavy atom. The number of ether oxygens (including phenoxy) is 8. The molecule has 0 aromatic heterocycles. The fraction of sp³-hybridized carbons (Fsp3) is 0.633. The van der Waals surface area contributed by atoms with E-state index in [9.17, 15) is 24.0 Å². The first-order valence-electron chi connectivity index (χ1n) is 14.1. The number of hydrogen-bond donors (Lipinski definition) is 0. The zero-order chi connectivity index (χ0) is 32.3. The predicted octanol–water partition coefficient (Wildman–Crippen LogP) is 3.94. The van der Waals surface area contributed by atoms with Crippen molar-refractivity contribution < 1.29 is 61.9 Å². The molecule has 0 amide bonds. The van der Waals surface area contributed by atoms with Crippen LogP contribution >= 0.6 is 0 Å². The van der Waals surface area contributed by atoms with Crippen LogP contribution in [0, 0.1) is 0 Å². The molecular formula is C30H42O13. The molecule has 1 aromatic carbocycles. The Morgan fingerprint density at radius 2 is 1.26 bits per heavy atom. The van der Waals surface area contributed by atoms with Crippen LogP contribution < -0.4 is 4.74 Å². The van der Waals surface area contributed by atoms with Crippen molar-refractivity contribution in [2.24, 2.45) is 0 Å². The summed E-state index contributed by atoms with van der Waals surface area (Å²) < 4.78 is 43.6. The molecule has 0 aliphatic carbocycles. The quantitative estimate of drug-likeness (QED) is 0.137. The van der Waals surface area contributed by atoms with Crippen LogP contribution in [0.2, 0.25) is 0 Å². The molecule has 0 N–H and O–H groups in total. The SMILES string of the molecule is CC(=O)OC[C@H]1O[C@@H](OCCCOC(=O)Oc2c(C(C)C)cccc2C(C)C)[C@H](OC(C)=O)[C@@H](OC(C)=O)[C@@H]1OC(C)=O. The van der Waals surface area contributed by atoms with E-state index in [2.05, 4.69) is 0 Å². The third kappa shape index (κ3) is 11.1. The lowest BCUT2D eigenvalue weighted by Crippen LogP contribution is -2.63. The first-order valence-corrected chi connectivity index (χ1v) is 14.1. The lowest BCUT2D eigenvalue weighted by atomic mass is 9.94. The van der Waals surface area contributed by atoms with Gasteiger partial charge in [0.2, 0.25) is 0 Å². The molecule has 0 saturated carbocycles. The van der Waals surface area contributed by atoms with E-state index >= 15 is 0 Å². The van der Waals surface area contributed by atoms with Gasteiger partial charge < -0.3 is 37.9 Å². The molecule has 0 unspecified atom stereocenters. The highest BCUT2D eigenvalue weighted by atomic mass is 16.7. The Balaban J connectivity index is 2.11. The third-order valence-corrected chi connectivity index (χ3v) is 6.24. The van der Waals surface area contributed by atoms with Gasteiger partial charge in [0.1, 0.15) is 18.5 Å². The van der Waals surface area contributed by atoms with Gasteiger partial charge in [0.05, 0.1) is 13.2 Å². The van der Waals surface area contributed by atoms with Gasteiger partial charge in [0, 0.05) is 34.1 Å². The molecule has 13 heteroatoms. The van der Waals surface area contributed by atoms with Crippen LogP contribution in [0.25, 0.3) is 0 Å². The maximum absolute atomic E-state index is 12.5. The first kappa shape index (κ1) is 35.5. The molecule has 1 aliphatic heterocycles. The van der Waals surface area contributed by atoms with Gasteiger partial charge >= 0.3 is 30.0 Å². The Kier molecular flexibility index (Phi) is 13.9. The summed E-state index contributed by atoms with van der Waals surface area (Å²) in [4.78, 5) is 59.7. The van der Waals surface area contributed by atoms with E-state index in [-0.39, 0.29) is 38.1 Å². The second-order valence-corrected chi connectivity index (χ2v) is 10.6. The number of carbonyl (C=O) groups excluding carboxylic acids is 5. The minimum atomic E-state index is -1.34. The standard InChI is InChI=1S/C30H42O13/c1-16(2)22-11-9-12-23(17(3)4)25(22)43-30(35)37-14-10-13-36-29-28(41-21(8)34)27(40-20(7)33)26(39-19(6)32)24(42-29)15-38-18(5)31/h9,11-12,16-17,24,26-29H,10,13-15H2,1-8H3/t24-,26-,27+,28-,29-/m1/s1. The molecule has 43 heavy (non-hydrogen) atoms. The van der Waals surface area contributed by atoms with E-state index in [1.807, 2.05) is 45.9 Å². The van der Waals surface area contributed by atoms with Crippen molar-refractivity contribution in [2.45, 2.75) is 104 Å². The van der Waals surface area contributed by atoms with Gasteiger partial charge in [-0.05, 0) is 23.0 Å².